The number of carbonyl (C=O) groups excluding carboxylic acids is 1. The molecule has 2 aliphatic heterocycles. The van der Waals surface area contributed by atoms with Crippen molar-refractivity contribution in [3.8, 4) is 0 Å². The van der Waals surface area contributed by atoms with Gasteiger partial charge in [0.05, 0.1) is 12.3 Å². The van der Waals surface area contributed by atoms with E-state index in [9.17, 15) is 13.2 Å². The molecule has 1 unspecified atom stereocenters. The summed E-state index contributed by atoms with van der Waals surface area (Å²) in [4.78, 5) is 16.4. The molecule has 0 saturated carbocycles. The van der Waals surface area contributed by atoms with E-state index < -0.39 is 10.0 Å². The number of carbonyl (C=O) groups is 1. The van der Waals surface area contributed by atoms with Crippen molar-refractivity contribution in [2.75, 3.05) is 32.4 Å². The van der Waals surface area contributed by atoms with Crippen molar-refractivity contribution in [1.29, 1.82) is 0 Å². The number of hydrogen-bond acceptors (Lipinski definition) is 4. The molecule has 2 fully saturated rings. The van der Waals surface area contributed by atoms with Crippen LogP contribution in [0.5, 0.6) is 0 Å². The van der Waals surface area contributed by atoms with Crippen LogP contribution in [0.3, 0.4) is 0 Å². The Hall–Kier alpha value is -0.660. The Bertz CT molecular complexity index is 438. The number of nitrogens with one attached hydrogen (secondary N) is 1. The predicted molar refractivity (Wildman–Crippen MR) is 77.9 cm³/mol. The van der Waals surface area contributed by atoms with Crippen LogP contribution in [0.2, 0.25) is 0 Å². The van der Waals surface area contributed by atoms with E-state index in [1.54, 1.807) is 0 Å². The van der Waals surface area contributed by atoms with Crippen LogP contribution in [0, 0.1) is 0 Å². The van der Waals surface area contributed by atoms with Crippen LogP contribution in [0.4, 0.5) is 0 Å². The molecule has 0 spiro atoms. The number of sulfonamides is 1. The lowest BCUT2D eigenvalue weighted by molar-refractivity contribution is -0.135. The van der Waals surface area contributed by atoms with E-state index in [2.05, 4.69) is 9.62 Å². The van der Waals surface area contributed by atoms with Gasteiger partial charge < -0.3 is 4.90 Å². The highest BCUT2D eigenvalue weighted by Gasteiger charge is 2.30. The third kappa shape index (κ3) is 4.17. The summed E-state index contributed by atoms with van der Waals surface area (Å²) in [6.07, 6.45) is 4.95. The third-order valence-electron chi connectivity index (χ3n) is 4.23. The summed E-state index contributed by atoms with van der Waals surface area (Å²) in [5.41, 5.74) is 0. The smallest absolute Gasteiger partial charge is 0.239 e. The summed E-state index contributed by atoms with van der Waals surface area (Å²) in [5, 5.41) is 0. The Kier molecular flexibility index (Phi) is 5.04. The average Bonchev–Trinajstić information content (AvgIpc) is 2.90. The molecule has 1 N–H and O–H groups in total. The zero-order valence-corrected chi connectivity index (χ0v) is 13.2. The van der Waals surface area contributed by atoms with Gasteiger partial charge in [-0.05, 0) is 32.6 Å². The summed E-state index contributed by atoms with van der Waals surface area (Å²) in [7, 11) is -3.13. The van der Waals surface area contributed by atoms with E-state index in [4.69, 9.17) is 0 Å². The lowest BCUT2D eigenvalue weighted by atomic mass is 10.0. The maximum atomic E-state index is 12.3. The van der Waals surface area contributed by atoms with E-state index >= 15 is 0 Å². The SMILES string of the molecule is CC(C(=O)N1CCCC1)N1CCC(NS(C)(=O)=O)CC1. The zero-order valence-electron chi connectivity index (χ0n) is 12.3. The van der Waals surface area contributed by atoms with Crippen molar-refractivity contribution in [2.24, 2.45) is 0 Å². The maximum absolute atomic E-state index is 12.3. The van der Waals surface area contributed by atoms with Crippen LogP contribution < -0.4 is 4.72 Å². The first-order valence-corrected chi connectivity index (χ1v) is 9.26. The molecule has 6 nitrogen and oxygen atoms in total. The molecule has 1 atom stereocenters. The first-order valence-electron chi connectivity index (χ1n) is 7.37. The number of hydrogen-bond donors (Lipinski definition) is 1. The predicted octanol–water partition coefficient (Wildman–Crippen LogP) is 0.0109. The van der Waals surface area contributed by atoms with Crippen molar-refractivity contribution in [3.05, 3.63) is 0 Å². The van der Waals surface area contributed by atoms with Crippen LogP contribution in [-0.4, -0.2) is 68.6 Å². The van der Waals surface area contributed by atoms with Gasteiger partial charge in [-0.1, -0.05) is 0 Å². The lowest BCUT2D eigenvalue weighted by Crippen LogP contribution is -2.52. The maximum Gasteiger partial charge on any atom is 0.239 e. The molecule has 0 aliphatic carbocycles. The van der Waals surface area contributed by atoms with Crippen LogP contribution in [0.1, 0.15) is 32.6 Å². The summed E-state index contributed by atoms with van der Waals surface area (Å²) in [5.74, 6) is 0.219. The van der Waals surface area contributed by atoms with Crippen LogP contribution in [0.15, 0.2) is 0 Å². The first kappa shape index (κ1) is 15.7. The van der Waals surface area contributed by atoms with E-state index in [1.807, 2.05) is 11.8 Å². The topological polar surface area (TPSA) is 69.7 Å². The molecule has 20 heavy (non-hydrogen) atoms. The van der Waals surface area contributed by atoms with Gasteiger partial charge in [0.2, 0.25) is 15.9 Å². The average molecular weight is 303 g/mol. The highest BCUT2D eigenvalue weighted by molar-refractivity contribution is 7.88. The monoisotopic (exact) mass is 303 g/mol. The second kappa shape index (κ2) is 6.41. The molecule has 2 aliphatic rings. The molecule has 0 radical (unpaired) electrons. The Morgan fingerprint density at radius 3 is 2.20 bits per heavy atom. The highest BCUT2D eigenvalue weighted by Crippen LogP contribution is 2.17. The van der Waals surface area contributed by atoms with Crippen molar-refractivity contribution < 1.29 is 13.2 Å². The summed E-state index contributed by atoms with van der Waals surface area (Å²) in [6.45, 7) is 5.28. The molecular weight excluding hydrogens is 278 g/mol. The molecule has 0 aromatic rings. The minimum atomic E-state index is -3.13. The van der Waals surface area contributed by atoms with Gasteiger partial charge in [0, 0.05) is 32.2 Å². The fraction of sp³-hybridized carbons (Fsp3) is 0.923. The molecule has 0 aromatic heterocycles. The van der Waals surface area contributed by atoms with Crippen molar-refractivity contribution in [2.45, 2.75) is 44.7 Å². The molecule has 2 saturated heterocycles. The highest BCUT2D eigenvalue weighted by atomic mass is 32.2. The van der Waals surface area contributed by atoms with Crippen molar-refractivity contribution in [3.63, 3.8) is 0 Å². The number of likely N-dealkylation sites (tertiary alicyclic amines) is 2. The van der Waals surface area contributed by atoms with Gasteiger partial charge in [-0.3, -0.25) is 9.69 Å². The van der Waals surface area contributed by atoms with E-state index in [1.165, 1.54) is 6.26 Å². The quantitative estimate of drug-likeness (QED) is 0.794. The lowest BCUT2D eigenvalue weighted by Gasteiger charge is -2.36. The van der Waals surface area contributed by atoms with Gasteiger partial charge >= 0.3 is 0 Å². The Morgan fingerprint density at radius 2 is 1.70 bits per heavy atom. The van der Waals surface area contributed by atoms with Crippen LogP contribution in [0.25, 0.3) is 0 Å². The number of nitrogens with zero attached hydrogens (tertiary/aromatic N) is 2. The van der Waals surface area contributed by atoms with Gasteiger partial charge in [-0.15, -0.1) is 0 Å². The van der Waals surface area contributed by atoms with Crippen LogP contribution >= 0.6 is 0 Å². The van der Waals surface area contributed by atoms with Gasteiger partial charge in [0.25, 0.3) is 0 Å². The number of piperidine rings is 1. The molecule has 1 amide bonds. The number of rotatable bonds is 4. The first-order chi connectivity index (χ1) is 9.37. The van der Waals surface area contributed by atoms with Crippen LogP contribution in [-0.2, 0) is 14.8 Å². The molecule has 2 rings (SSSR count). The Morgan fingerprint density at radius 1 is 1.15 bits per heavy atom. The van der Waals surface area contributed by atoms with Crippen molar-refractivity contribution in [1.82, 2.24) is 14.5 Å². The zero-order chi connectivity index (χ0) is 14.8. The fourth-order valence-corrected chi connectivity index (χ4v) is 3.91. The van der Waals surface area contributed by atoms with Gasteiger partial charge in [-0.2, -0.15) is 0 Å². The van der Waals surface area contributed by atoms with Crippen molar-refractivity contribution >= 4 is 15.9 Å². The number of amides is 1. The fourth-order valence-electron chi connectivity index (χ4n) is 3.07. The van der Waals surface area contributed by atoms with E-state index in [0.717, 1.165) is 51.9 Å². The standard InChI is InChI=1S/C13H25N3O3S/c1-11(13(17)16-7-3-4-8-16)15-9-5-12(6-10-15)14-20(2,18)19/h11-12,14H,3-10H2,1-2H3. The minimum Gasteiger partial charge on any atom is -0.341 e. The molecule has 7 heteroatoms. The second-order valence-corrected chi connectivity index (χ2v) is 7.69. The summed E-state index contributed by atoms with van der Waals surface area (Å²) in [6, 6.07) is -0.0809. The Balaban J connectivity index is 1.82. The van der Waals surface area contributed by atoms with E-state index in [0.29, 0.717) is 0 Å². The Labute approximate surface area is 121 Å². The molecule has 0 bridgehead atoms. The molecular formula is C13H25N3O3S. The summed E-state index contributed by atoms with van der Waals surface area (Å²) < 4.78 is 25.1. The molecule has 116 valence electrons. The van der Waals surface area contributed by atoms with Gasteiger partial charge in [0.15, 0.2) is 0 Å². The molecule has 0 aromatic carbocycles. The third-order valence-corrected chi connectivity index (χ3v) is 4.99. The summed E-state index contributed by atoms with van der Waals surface area (Å²) >= 11 is 0. The normalized spacial score (nSPS) is 24.0. The van der Waals surface area contributed by atoms with Gasteiger partial charge in [0.1, 0.15) is 0 Å². The van der Waals surface area contributed by atoms with E-state index in [-0.39, 0.29) is 18.0 Å². The minimum absolute atomic E-state index is 0.00957. The van der Waals surface area contributed by atoms with Gasteiger partial charge in [-0.25, -0.2) is 13.1 Å². The molecule has 2 heterocycles. The second-order valence-electron chi connectivity index (χ2n) is 5.91. The largest absolute Gasteiger partial charge is 0.341 e.